The summed E-state index contributed by atoms with van der Waals surface area (Å²) < 4.78 is 0. The Bertz CT molecular complexity index is 365. The summed E-state index contributed by atoms with van der Waals surface area (Å²) >= 11 is 7.25. The lowest BCUT2D eigenvalue weighted by molar-refractivity contribution is 0.920. The van der Waals surface area contributed by atoms with Gasteiger partial charge in [0, 0.05) is 23.7 Å². The minimum absolute atomic E-state index is 0.838. The maximum atomic E-state index is 5.35. The lowest BCUT2D eigenvalue weighted by atomic mass is 10.3. The van der Waals surface area contributed by atoms with Gasteiger partial charge in [0.2, 0.25) is 0 Å². The normalized spacial score (nSPS) is 14.6. The number of nitrogens with one attached hydrogen (secondary N) is 1. The monoisotopic (exact) mass is 238 g/mol. The van der Waals surface area contributed by atoms with Gasteiger partial charge < -0.3 is 10.2 Å². The summed E-state index contributed by atoms with van der Waals surface area (Å²) in [6.45, 7) is 3.94. The van der Waals surface area contributed by atoms with E-state index in [2.05, 4.69) is 41.4 Å². The molecule has 0 unspecified atom stereocenters. The molecule has 1 aliphatic rings. The van der Waals surface area contributed by atoms with Crippen LogP contribution >= 0.6 is 24.0 Å². The molecule has 0 spiro atoms. The Morgan fingerprint density at radius 2 is 2.33 bits per heavy atom. The van der Waals surface area contributed by atoms with Crippen molar-refractivity contribution < 1.29 is 0 Å². The standard InChI is InChI=1S/C11H14N2S2/c1-2-12-11(14)13-7-8-15-10-6-4-3-5-9(10)13/h3-6H,2,7-8H2,1H3,(H,12,14). The molecular formula is C11H14N2S2. The summed E-state index contributed by atoms with van der Waals surface area (Å²) in [5, 5.41) is 4.04. The number of rotatable bonds is 1. The fourth-order valence-electron chi connectivity index (χ4n) is 1.63. The van der Waals surface area contributed by atoms with Gasteiger partial charge in [0.15, 0.2) is 5.11 Å². The van der Waals surface area contributed by atoms with Gasteiger partial charge >= 0.3 is 0 Å². The average molecular weight is 238 g/mol. The fraction of sp³-hybridized carbons (Fsp3) is 0.364. The summed E-state index contributed by atoms with van der Waals surface area (Å²) in [4.78, 5) is 3.51. The predicted octanol–water partition coefficient (Wildman–Crippen LogP) is 2.49. The van der Waals surface area contributed by atoms with Crippen LogP contribution in [-0.4, -0.2) is 24.0 Å². The molecule has 1 heterocycles. The molecule has 0 bridgehead atoms. The van der Waals surface area contributed by atoms with E-state index in [-0.39, 0.29) is 0 Å². The largest absolute Gasteiger partial charge is 0.363 e. The molecule has 2 nitrogen and oxygen atoms in total. The molecule has 2 rings (SSSR count). The van der Waals surface area contributed by atoms with Crippen LogP contribution in [0.1, 0.15) is 6.92 Å². The van der Waals surface area contributed by atoms with Crippen LogP contribution in [0.5, 0.6) is 0 Å². The maximum absolute atomic E-state index is 5.35. The second-order valence-electron chi connectivity index (χ2n) is 3.30. The van der Waals surface area contributed by atoms with Crippen LogP contribution in [0.3, 0.4) is 0 Å². The van der Waals surface area contributed by atoms with E-state index in [1.54, 1.807) is 0 Å². The number of nitrogens with zero attached hydrogens (tertiary/aromatic N) is 1. The molecule has 0 aromatic heterocycles. The summed E-state index contributed by atoms with van der Waals surface area (Å²) in [7, 11) is 0. The molecule has 15 heavy (non-hydrogen) atoms. The second-order valence-corrected chi connectivity index (χ2v) is 4.83. The zero-order valence-electron chi connectivity index (χ0n) is 8.69. The summed E-state index contributed by atoms with van der Waals surface area (Å²) in [5.41, 5.74) is 1.24. The van der Waals surface area contributed by atoms with Gasteiger partial charge in [0.1, 0.15) is 0 Å². The van der Waals surface area contributed by atoms with Gasteiger partial charge in [-0.2, -0.15) is 0 Å². The topological polar surface area (TPSA) is 15.3 Å². The van der Waals surface area contributed by atoms with E-state index in [1.165, 1.54) is 10.6 Å². The first kappa shape index (κ1) is 10.8. The first-order chi connectivity index (χ1) is 7.33. The number of anilines is 1. The minimum Gasteiger partial charge on any atom is -0.363 e. The van der Waals surface area contributed by atoms with Gasteiger partial charge in [-0.3, -0.25) is 0 Å². The first-order valence-corrected chi connectivity index (χ1v) is 6.49. The van der Waals surface area contributed by atoms with Gasteiger partial charge in [-0.1, -0.05) is 12.1 Å². The molecule has 1 aromatic rings. The number of thioether (sulfide) groups is 1. The Kier molecular flexibility index (Phi) is 3.49. The highest BCUT2D eigenvalue weighted by Crippen LogP contribution is 2.34. The van der Waals surface area contributed by atoms with Crippen LogP contribution in [0.15, 0.2) is 29.2 Å². The van der Waals surface area contributed by atoms with Crippen molar-refractivity contribution in [2.75, 3.05) is 23.7 Å². The number of fused-ring (bicyclic) bond motifs is 1. The molecule has 0 saturated heterocycles. The van der Waals surface area contributed by atoms with Gasteiger partial charge in [-0.15, -0.1) is 11.8 Å². The SMILES string of the molecule is CCNC(=S)N1CCSc2ccccc21. The van der Waals surface area contributed by atoms with Crippen LogP contribution < -0.4 is 10.2 Å². The van der Waals surface area contributed by atoms with Gasteiger partial charge in [0.25, 0.3) is 0 Å². The average Bonchev–Trinajstić information content (AvgIpc) is 2.28. The van der Waals surface area contributed by atoms with Crippen molar-refractivity contribution in [3.63, 3.8) is 0 Å². The van der Waals surface area contributed by atoms with E-state index in [9.17, 15) is 0 Å². The van der Waals surface area contributed by atoms with Crippen molar-refractivity contribution in [1.29, 1.82) is 0 Å². The highest BCUT2D eigenvalue weighted by Gasteiger charge is 2.19. The zero-order valence-corrected chi connectivity index (χ0v) is 10.3. The van der Waals surface area contributed by atoms with Crippen molar-refractivity contribution >= 4 is 34.8 Å². The van der Waals surface area contributed by atoms with Crippen molar-refractivity contribution in [2.45, 2.75) is 11.8 Å². The Labute approximate surface area is 100 Å². The Balaban J connectivity index is 2.25. The molecule has 0 radical (unpaired) electrons. The van der Waals surface area contributed by atoms with E-state index in [1.807, 2.05) is 11.8 Å². The van der Waals surface area contributed by atoms with Crippen LogP contribution in [0, 0.1) is 0 Å². The number of hydrogen-bond acceptors (Lipinski definition) is 2. The molecule has 80 valence electrons. The summed E-state index contributed by atoms with van der Waals surface area (Å²) in [5.74, 6) is 1.10. The molecule has 0 fully saturated rings. The third-order valence-corrected chi connectivity index (χ3v) is 3.71. The third-order valence-electron chi connectivity index (χ3n) is 2.30. The second kappa shape index (κ2) is 4.86. The van der Waals surface area contributed by atoms with E-state index in [0.717, 1.165) is 24.0 Å². The fourth-order valence-corrected chi connectivity index (χ4v) is 2.96. The van der Waals surface area contributed by atoms with Crippen molar-refractivity contribution in [3.8, 4) is 0 Å². The highest BCUT2D eigenvalue weighted by molar-refractivity contribution is 7.99. The van der Waals surface area contributed by atoms with Crippen molar-refractivity contribution in [1.82, 2.24) is 5.32 Å². The van der Waals surface area contributed by atoms with Gasteiger partial charge in [-0.05, 0) is 31.3 Å². The molecule has 1 aromatic carbocycles. The molecule has 1 N–H and O–H groups in total. The van der Waals surface area contributed by atoms with Gasteiger partial charge in [-0.25, -0.2) is 0 Å². The van der Waals surface area contributed by atoms with E-state index < -0.39 is 0 Å². The zero-order chi connectivity index (χ0) is 10.7. The van der Waals surface area contributed by atoms with Crippen LogP contribution in [-0.2, 0) is 0 Å². The molecule has 0 atom stereocenters. The third kappa shape index (κ3) is 2.26. The van der Waals surface area contributed by atoms with Crippen molar-refractivity contribution in [3.05, 3.63) is 24.3 Å². The summed E-state index contributed by atoms with van der Waals surface area (Å²) in [6, 6.07) is 8.42. The lowest BCUT2D eigenvalue weighted by Gasteiger charge is -2.31. The Morgan fingerprint density at radius 1 is 1.53 bits per heavy atom. The Hall–Kier alpha value is -0.740. The van der Waals surface area contributed by atoms with E-state index in [4.69, 9.17) is 12.2 Å². The smallest absolute Gasteiger partial charge is 0.173 e. The lowest BCUT2D eigenvalue weighted by Crippen LogP contribution is -2.42. The van der Waals surface area contributed by atoms with Crippen molar-refractivity contribution in [2.24, 2.45) is 0 Å². The maximum Gasteiger partial charge on any atom is 0.173 e. The number of para-hydroxylation sites is 1. The van der Waals surface area contributed by atoms with E-state index >= 15 is 0 Å². The number of benzene rings is 1. The molecule has 0 amide bonds. The molecule has 1 aliphatic heterocycles. The number of thiocarbonyl (C=S) groups is 1. The Morgan fingerprint density at radius 3 is 3.13 bits per heavy atom. The molecule has 4 heteroatoms. The molecule has 0 aliphatic carbocycles. The van der Waals surface area contributed by atoms with Crippen LogP contribution in [0.25, 0.3) is 0 Å². The van der Waals surface area contributed by atoms with E-state index in [0.29, 0.717) is 0 Å². The van der Waals surface area contributed by atoms with Crippen LogP contribution in [0.4, 0.5) is 5.69 Å². The molecule has 0 saturated carbocycles. The van der Waals surface area contributed by atoms with Crippen LogP contribution in [0.2, 0.25) is 0 Å². The quantitative estimate of drug-likeness (QED) is 0.756. The minimum atomic E-state index is 0.838. The predicted molar refractivity (Wildman–Crippen MR) is 70.8 cm³/mol. The van der Waals surface area contributed by atoms with Gasteiger partial charge in [0.05, 0.1) is 5.69 Å². The highest BCUT2D eigenvalue weighted by atomic mass is 32.2. The number of hydrogen-bond donors (Lipinski definition) is 1. The first-order valence-electron chi connectivity index (χ1n) is 5.10. The molecular weight excluding hydrogens is 224 g/mol. The summed E-state index contributed by atoms with van der Waals surface area (Å²) in [6.07, 6.45) is 0.